The molecule has 0 aromatic carbocycles. The van der Waals surface area contributed by atoms with Gasteiger partial charge in [0, 0.05) is 25.3 Å². The lowest BCUT2D eigenvalue weighted by Gasteiger charge is -2.23. The number of hydrogen-bond acceptors (Lipinski definition) is 3. The van der Waals surface area contributed by atoms with Crippen LogP contribution in [0, 0.1) is 5.82 Å². The van der Waals surface area contributed by atoms with Gasteiger partial charge in [0.15, 0.2) is 0 Å². The van der Waals surface area contributed by atoms with Crippen LogP contribution in [0.15, 0.2) is 18.5 Å². The first-order valence-electron chi connectivity index (χ1n) is 5.26. The van der Waals surface area contributed by atoms with Gasteiger partial charge in [0.05, 0.1) is 6.20 Å². The van der Waals surface area contributed by atoms with E-state index in [4.69, 9.17) is 0 Å². The van der Waals surface area contributed by atoms with Crippen LogP contribution in [0.3, 0.4) is 0 Å². The molecule has 0 aliphatic carbocycles. The molecular weight excluding hydrogens is 229 g/mol. The predicted octanol–water partition coefficient (Wildman–Crippen LogP) is 1.44. The Morgan fingerprint density at radius 3 is 3.00 bits per heavy atom. The maximum Gasteiger partial charge on any atom is 0.141 e. The number of nitrogens with one attached hydrogen (secondary N) is 1. The highest BCUT2D eigenvalue weighted by molar-refractivity contribution is 5.85. The van der Waals surface area contributed by atoms with Gasteiger partial charge in [-0.25, -0.2) is 4.39 Å². The third-order valence-electron chi connectivity index (χ3n) is 2.85. The molecule has 0 radical (unpaired) electrons. The number of nitrogens with zero attached hydrogens (tertiary/aromatic N) is 2. The van der Waals surface area contributed by atoms with Gasteiger partial charge in [-0.15, -0.1) is 12.4 Å². The Hall–Kier alpha value is -0.710. The molecule has 1 aromatic rings. The maximum absolute atomic E-state index is 12.9. The highest BCUT2D eigenvalue weighted by Crippen LogP contribution is 2.11. The van der Waals surface area contributed by atoms with Gasteiger partial charge < -0.3 is 5.32 Å². The third kappa shape index (κ3) is 3.40. The van der Waals surface area contributed by atoms with Gasteiger partial charge in [-0.3, -0.25) is 9.88 Å². The molecular formula is C11H17ClFN3. The van der Waals surface area contributed by atoms with E-state index in [0.717, 1.165) is 25.2 Å². The molecule has 1 aromatic heterocycles. The summed E-state index contributed by atoms with van der Waals surface area (Å²) in [4.78, 5) is 6.09. The van der Waals surface area contributed by atoms with Crippen molar-refractivity contribution in [2.75, 3.05) is 20.1 Å². The van der Waals surface area contributed by atoms with E-state index in [1.165, 1.54) is 12.6 Å². The monoisotopic (exact) mass is 245 g/mol. The molecule has 3 nitrogen and oxygen atoms in total. The van der Waals surface area contributed by atoms with Crippen LogP contribution in [0.2, 0.25) is 0 Å². The fourth-order valence-corrected chi connectivity index (χ4v) is 1.98. The SMILES string of the molecule is CN(Cc1cncc(F)c1)C1CCNC1.Cl. The molecule has 5 heteroatoms. The van der Waals surface area contributed by atoms with Crippen LogP contribution >= 0.6 is 12.4 Å². The van der Waals surface area contributed by atoms with Crippen molar-refractivity contribution in [3.63, 3.8) is 0 Å². The summed E-state index contributed by atoms with van der Waals surface area (Å²) in [5.74, 6) is -0.259. The van der Waals surface area contributed by atoms with Gasteiger partial charge in [-0.2, -0.15) is 0 Å². The van der Waals surface area contributed by atoms with Crippen molar-refractivity contribution in [3.05, 3.63) is 29.8 Å². The van der Waals surface area contributed by atoms with E-state index in [0.29, 0.717) is 6.04 Å². The van der Waals surface area contributed by atoms with Gasteiger partial charge in [-0.1, -0.05) is 0 Å². The minimum atomic E-state index is -0.259. The van der Waals surface area contributed by atoms with Gasteiger partial charge in [0.2, 0.25) is 0 Å². The topological polar surface area (TPSA) is 28.2 Å². The van der Waals surface area contributed by atoms with Crippen molar-refractivity contribution >= 4 is 12.4 Å². The quantitative estimate of drug-likeness (QED) is 0.874. The minimum Gasteiger partial charge on any atom is -0.315 e. The van der Waals surface area contributed by atoms with E-state index in [1.54, 1.807) is 12.3 Å². The number of rotatable bonds is 3. The van der Waals surface area contributed by atoms with Crippen molar-refractivity contribution in [1.82, 2.24) is 15.2 Å². The van der Waals surface area contributed by atoms with Gasteiger partial charge in [0.25, 0.3) is 0 Å². The summed E-state index contributed by atoms with van der Waals surface area (Å²) in [5, 5.41) is 3.32. The van der Waals surface area contributed by atoms with E-state index in [2.05, 4.69) is 22.2 Å². The second-order valence-electron chi connectivity index (χ2n) is 4.07. The summed E-state index contributed by atoms with van der Waals surface area (Å²) in [7, 11) is 2.07. The Bertz CT molecular complexity index is 329. The van der Waals surface area contributed by atoms with Crippen molar-refractivity contribution in [2.24, 2.45) is 0 Å². The van der Waals surface area contributed by atoms with E-state index in [-0.39, 0.29) is 18.2 Å². The molecule has 1 N–H and O–H groups in total. The normalized spacial score (nSPS) is 19.8. The molecule has 1 saturated heterocycles. The fourth-order valence-electron chi connectivity index (χ4n) is 1.98. The van der Waals surface area contributed by atoms with Crippen LogP contribution in [-0.2, 0) is 6.54 Å². The van der Waals surface area contributed by atoms with Crippen molar-refractivity contribution in [2.45, 2.75) is 19.0 Å². The molecule has 16 heavy (non-hydrogen) atoms. The highest BCUT2D eigenvalue weighted by atomic mass is 35.5. The molecule has 1 atom stereocenters. The zero-order valence-corrected chi connectivity index (χ0v) is 10.1. The Kier molecular flexibility index (Phi) is 5.12. The lowest BCUT2D eigenvalue weighted by Crippen LogP contribution is -2.32. The van der Waals surface area contributed by atoms with Gasteiger partial charge in [-0.05, 0) is 31.6 Å². The second-order valence-corrected chi connectivity index (χ2v) is 4.07. The third-order valence-corrected chi connectivity index (χ3v) is 2.85. The number of hydrogen-bond donors (Lipinski definition) is 1. The minimum absolute atomic E-state index is 0. The fraction of sp³-hybridized carbons (Fsp3) is 0.545. The summed E-state index contributed by atoms with van der Waals surface area (Å²) in [5.41, 5.74) is 0.935. The zero-order chi connectivity index (χ0) is 10.7. The van der Waals surface area contributed by atoms with Gasteiger partial charge >= 0.3 is 0 Å². The van der Waals surface area contributed by atoms with Crippen molar-refractivity contribution < 1.29 is 4.39 Å². The van der Waals surface area contributed by atoms with Crippen LogP contribution < -0.4 is 5.32 Å². The second kappa shape index (κ2) is 6.13. The first-order chi connectivity index (χ1) is 7.25. The van der Waals surface area contributed by atoms with Crippen LogP contribution in [-0.4, -0.2) is 36.1 Å². The largest absolute Gasteiger partial charge is 0.315 e. The Labute approximate surface area is 101 Å². The molecule has 1 aliphatic rings. The molecule has 0 bridgehead atoms. The average molecular weight is 246 g/mol. The Balaban J connectivity index is 0.00000128. The van der Waals surface area contributed by atoms with Crippen molar-refractivity contribution in [1.29, 1.82) is 0 Å². The van der Waals surface area contributed by atoms with Crippen LogP contribution in [0.1, 0.15) is 12.0 Å². The molecule has 2 rings (SSSR count). The summed E-state index contributed by atoms with van der Waals surface area (Å²) >= 11 is 0. The standard InChI is InChI=1S/C11H16FN3.ClH/c1-15(11-2-3-13-7-11)8-9-4-10(12)6-14-5-9;/h4-6,11,13H,2-3,7-8H2,1H3;1H. The lowest BCUT2D eigenvalue weighted by atomic mass is 10.2. The number of pyridine rings is 1. The first-order valence-corrected chi connectivity index (χ1v) is 5.26. The molecule has 1 aliphatic heterocycles. The first kappa shape index (κ1) is 13.4. The van der Waals surface area contributed by atoms with Crippen LogP contribution in [0.25, 0.3) is 0 Å². The highest BCUT2D eigenvalue weighted by Gasteiger charge is 2.18. The molecule has 0 amide bonds. The molecule has 90 valence electrons. The number of aromatic nitrogens is 1. The average Bonchev–Trinajstić information content (AvgIpc) is 2.70. The summed E-state index contributed by atoms with van der Waals surface area (Å²) in [6.45, 7) is 2.87. The van der Waals surface area contributed by atoms with E-state index in [9.17, 15) is 4.39 Å². The summed E-state index contributed by atoms with van der Waals surface area (Å²) < 4.78 is 12.9. The smallest absolute Gasteiger partial charge is 0.141 e. The van der Waals surface area contributed by atoms with E-state index < -0.39 is 0 Å². The Morgan fingerprint density at radius 1 is 1.56 bits per heavy atom. The molecule has 0 saturated carbocycles. The zero-order valence-electron chi connectivity index (χ0n) is 9.32. The van der Waals surface area contributed by atoms with Gasteiger partial charge in [0.1, 0.15) is 5.82 Å². The molecule has 0 spiro atoms. The molecule has 2 heterocycles. The van der Waals surface area contributed by atoms with Crippen LogP contribution in [0.4, 0.5) is 4.39 Å². The summed E-state index contributed by atoms with van der Waals surface area (Å²) in [6, 6.07) is 2.11. The van der Waals surface area contributed by atoms with Crippen LogP contribution in [0.5, 0.6) is 0 Å². The maximum atomic E-state index is 12.9. The number of halogens is 2. The summed E-state index contributed by atoms with van der Waals surface area (Å²) in [6.07, 6.45) is 4.13. The molecule has 1 unspecified atom stereocenters. The predicted molar refractivity (Wildman–Crippen MR) is 64.2 cm³/mol. The lowest BCUT2D eigenvalue weighted by molar-refractivity contribution is 0.248. The Morgan fingerprint density at radius 2 is 2.38 bits per heavy atom. The van der Waals surface area contributed by atoms with E-state index >= 15 is 0 Å². The number of likely N-dealkylation sites (N-methyl/N-ethyl adjacent to an activating group) is 1. The van der Waals surface area contributed by atoms with E-state index in [1.807, 2.05) is 0 Å². The van der Waals surface area contributed by atoms with Crippen molar-refractivity contribution in [3.8, 4) is 0 Å². The molecule has 1 fully saturated rings.